The highest BCUT2D eigenvalue weighted by atomic mass is 19.2. The molecule has 1 aliphatic rings. The predicted octanol–water partition coefficient (Wildman–Crippen LogP) is 4.89. The Morgan fingerprint density at radius 2 is 1.69 bits per heavy atom. The molecule has 0 bridgehead atoms. The van der Waals surface area contributed by atoms with Crippen LogP contribution in [0.3, 0.4) is 0 Å². The summed E-state index contributed by atoms with van der Waals surface area (Å²) in [6.07, 6.45) is 8.77. The third kappa shape index (κ3) is 4.33. The predicted molar refractivity (Wildman–Crippen MR) is 93.6 cm³/mol. The van der Waals surface area contributed by atoms with Gasteiger partial charge in [-0.15, -0.1) is 0 Å². The lowest BCUT2D eigenvalue weighted by atomic mass is 10.1. The number of hydrogen-bond acceptors (Lipinski definition) is 3. The van der Waals surface area contributed by atoms with E-state index in [-0.39, 0.29) is 5.82 Å². The van der Waals surface area contributed by atoms with Gasteiger partial charge in [0.05, 0.1) is 17.4 Å². The van der Waals surface area contributed by atoms with Gasteiger partial charge in [-0.05, 0) is 37.1 Å². The van der Waals surface area contributed by atoms with Crippen molar-refractivity contribution in [1.82, 2.24) is 4.98 Å². The summed E-state index contributed by atoms with van der Waals surface area (Å²) in [5, 5.41) is 5.81. The number of carbonyl (C=O) groups excluding carboxylic acids is 1. The zero-order chi connectivity index (χ0) is 18.5. The number of benzene rings is 1. The van der Waals surface area contributed by atoms with E-state index in [1.54, 1.807) is 18.3 Å². The fourth-order valence-corrected chi connectivity index (χ4v) is 3.10. The molecule has 0 aliphatic heterocycles. The van der Waals surface area contributed by atoms with E-state index in [9.17, 15) is 18.0 Å². The van der Waals surface area contributed by atoms with Gasteiger partial charge in [-0.2, -0.15) is 0 Å². The molecule has 0 atom stereocenters. The third-order valence-corrected chi connectivity index (χ3v) is 4.51. The maximum absolute atomic E-state index is 13.7. The second-order valence-corrected chi connectivity index (χ2v) is 6.44. The minimum Gasteiger partial charge on any atom is -0.381 e. The van der Waals surface area contributed by atoms with Crippen LogP contribution in [0.15, 0.2) is 30.5 Å². The quantitative estimate of drug-likeness (QED) is 0.601. The van der Waals surface area contributed by atoms with Gasteiger partial charge in [0.25, 0.3) is 5.91 Å². The van der Waals surface area contributed by atoms with E-state index in [1.807, 2.05) is 0 Å². The number of rotatable bonds is 4. The zero-order valence-electron chi connectivity index (χ0n) is 14.2. The van der Waals surface area contributed by atoms with Crippen LogP contribution in [0, 0.1) is 17.5 Å². The number of anilines is 2. The first kappa shape index (κ1) is 18.2. The molecular formula is C19H20F3N3O. The van der Waals surface area contributed by atoms with Crippen LogP contribution < -0.4 is 10.6 Å². The van der Waals surface area contributed by atoms with Gasteiger partial charge in [-0.1, -0.05) is 25.7 Å². The number of nitrogens with zero attached hydrogens (tertiary/aromatic N) is 1. The summed E-state index contributed by atoms with van der Waals surface area (Å²) in [6.45, 7) is 0. The lowest BCUT2D eigenvalue weighted by molar-refractivity contribution is 0.102. The Hall–Kier alpha value is -2.57. The van der Waals surface area contributed by atoms with Crippen LogP contribution >= 0.6 is 0 Å². The average molecular weight is 363 g/mol. The van der Waals surface area contributed by atoms with Crippen molar-refractivity contribution >= 4 is 17.4 Å². The van der Waals surface area contributed by atoms with Gasteiger partial charge in [0, 0.05) is 6.04 Å². The normalized spacial score (nSPS) is 15.3. The molecule has 1 saturated carbocycles. The second kappa shape index (κ2) is 8.21. The first-order chi connectivity index (χ1) is 12.5. The van der Waals surface area contributed by atoms with Crippen molar-refractivity contribution in [3.05, 3.63) is 53.5 Å². The number of nitrogens with one attached hydrogen (secondary N) is 2. The van der Waals surface area contributed by atoms with Crippen molar-refractivity contribution < 1.29 is 18.0 Å². The summed E-state index contributed by atoms with van der Waals surface area (Å²) in [6, 6.07) is 5.37. The number of hydrogen-bond donors (Lipinski definition) is 2. The fraction of sp³-hybridized carbons (Fsp3) is 0.368. The smallest absolute Gasteiger partial charge is 0.259 e. The Bertz CT molecular complexity index is 772. The van der Waals surface area contributed by atoms with Crippen LogP contribution in [0.25, 0.3) is 0 Å². The maximum atomic E-state index is 13.7. The summed E-state index contributed by atoms with van der Waals surface area (Å²) in [5.41, 5.74) is 0.264. The Morgan fingerprint density at radius 1 is 0.962 bits per heavy atom. The Labute approximate surface area is 149 Å². The van der Waals surface area contributed by atoms with Crippen LogP contribution in [-0.4, -0.2) is 16.9 Å². The van der Waals surface area contributed by atoms with E-state index in [1.165, 1.54) is 25.7 Å². The largest absolute Gasteiger partial charge is 0.381 e. The second-order valence-electron chi connectivity index (χ2n) is 6.44. The molecule has 2 aromatic rings. The van der Waals surface area contributed by atoms with E-state index in [0.29, 0.717) is 12.1 Å². The molecule has 2 N–H and O–H groups in total. The van der Waals surface area contributed by atoms with E-state index < -0.39 is 28.9 Å². The van der Waals surface area contributed by atoms with Crippen molar-refractivity contribution in [2.24, 2.45) is 0 Å². The molecule has 1 fully saturated rings. The van der Waals surface area contributed by atoms with Crippen LogP contribution in [-0.2, 0) is 0 Å². The highest BCUT2D eigenvalue weighted by molar-refractivity contribution is 6.04. The molecule has 26 heavy (non-hydrogen) atoms. The molecule has 1 aromatic carbocycles. The molecule has 4 nitrogen and oxygen atoms in total. The standard InChI is InChI=1S/C19H20F3N3O/c20-15-9-8-14(17(21)18(15)22)19(26)25-16-10-7-13(11-23-16)24-12-5-3-1-2-4-6-12/h7-12,24H,1-6H2,(H,23,25,26). The first-order valence-electron chi connectivity index (χ1n) is 8.72. The van der Waals surface area contributed by atoms with Crippen molar-refractivity contribution in [2.75, 3.05) is 10.6 Å². The highest BCUT2D eigenvalue weighted by Crippen LogP contribution is 2.22. The third-order valence-electron chi connectivity index (χ3n) is 4.51. The van der Waals surface area contributed by atoms with Gasteiger partial charge in [0.2, 0.25) is 0 Å². The molecule has 3 rings (SSSR count). The highest BCUT2D eigenvalue weighted by Gasteiger charge is 2.19. The van der Waals surface area contributed by atoms with Gasteiger partial charge in [-0.3, -0.25) is 4.79 Å². The van der Waals surface area contributed by atoms with Crippen LogP contribution in [0.2, 0.25) is 0 Å². The number of amides is 1. The molecule has 0 radical (unpaired) electrons. The number of carbonyl (C=O) groups is 1. The molecule has 1 aromatic heterocycles. The van der Waals surface area contributed by atoms with E-state index in [4.69, 9.17) is 0 Å². The number of aromatic nitrogens is 1. The lowest BCUT2D eigenvalue weighted by Crippen LogP contribution is -2.19. The Kier molecular flexibility index (Phi) is 5.75. The SMILES string of the molecule is O=C(Nc1ccc(NC2CCCCCC2)cn1)c1ccc(F)c(F)c1F. The minimum atomic E-state index is -1.67. The van der Waals surface area contributed by atoms with Crippen molar-refractivity contribution in [3.8, 4) is 0 Å². The van der Waals surface area contributed by atoms with E-state index in [2.05, 4.69) is 15.6 Å². The van der Waals surface area contributed by atoms with Gasteiger partial charge < -0.3 is 10.6 Å². The lowest BCUT2D eigenvalue weighted by Gasteiger charge is -2.17. The summed E-state index contributed by atoms with van der Waals surface area (Å²) < 4.78 is 39.9. The molecule has 0 unspecified atom stereocenters. The molecule has 1 heterocycles. The number of halogens is 3. The van der Waals surface area contributed by atoms with Crippen LogP contribution in [0.1, 0.15) is 48.9 Å². The van der Waals surface area contributed by atoms with E-state index >= 15 is 0 Å². The van der Waals surface area contributed by atoms with Crippen molar-refractivity contribution in [3.63, 3.8) is 0 Å². The summed E-state index contributed by atoms with van der Waals surface area (Å²) in [4.78, 5) is 16.2. The van der Waals surface area contributed by atoms with Crippen LogP contribution in [0.5, 0.6) is 0 Å². The Balaban J connectivity index is 1.63. The van der Waals surface area contributed by atoms with Crippen molar-refractivity contribution in [1.29, 1.82) is 0 Å². The molecule has 0 spiro atoms. The summed E-state index contributed by atoms with van der Waals surface area (Å²) in [7, 11) is 0. The summed E-state index contributed by atoms with van der Waals surface area (Å²) in [5.74, 6) is -5.22. The molecule has 7 heteroatoms. The average Bonchev–Trinajstić information content (AvgIpc) is 2.90. The van der Waals surface area contributed by atoms with Gasteiger partial charge in [0.1, 0.15) is 5.82 Å². The van der Waals surface area contributed by atoms with Gasteiger partial charge in [0.15, 0.2) is 17.5 Å². The zero-order valence-corrected chi connectivity index (χ0v) is 14.2. The maximum Gasteiger partial charge on any atom is 0.259 e. The van der Waals surface area contributed by atoms with E-state index in [0.717, 1.165) is 24.6 Å². The van der Waals surface area contributed by atoms with Crippen LogP contribution in [0.4, 0.5) is 24.7 Å². The Morgan fingerprint density at radius 3 is 2.35 bits per heavy atom. The first-order valence-corrected chi connectivity index (χ1v) is 8.72. The van der Waals surface area contributed by atoms with Crippen molar-refractivity contribution in [2.45, 2.75) is 44.6 Å². The van der Waals surface area contributed by atoms with Gasteiger partial charge >= 0.3 is 0 Å². The monoisotopic (exact) mass is 363 g/mol. The topological polar surface area (TPSA) is 54.0 Å². The molecular weight excluding hydrogens is 343 g/mol. The summed E-state index contributed by atoms with van der Waals surface area (Å²) >= 11 is 0. The molecule has 1 aliphatic carbocycles. The molecule has 1 amide bonds. The number of pyridine rings is 1. The van der Waals surface area contributed by atoms with Gasteiger partial charge in [-0.25, -0.2) is 18.2 Å². The molecule has 138 valence electrons. The minimum absolute atomic E-state index is 0.200. The molecule has 0 saturated heterocycles. The fourth-order valence-electron chi connectivity index (χ4n) is 3.10.